The second-order valence-electron chi connectivity index (χ2n) is 2.79. The summed E-state index contributed by atoms with van der Waals surface area (Å²) in [5, 5.41) is 2.95. The highest BCUT2D eigenvalue weighted by Gasteiger charge is 1.99. The monoisotopic (exact) mass is 205 g/mol. The van der Waals surface area contributed by atoms with Crippen molar-refractivity contribution in [2.75, 3.05) is 19.4 Å². The van der Waals surface area contributed by atoms with Crippen LogP contribution >= 0.6 is 0 Å². The van der Waals surface area contributed by atoms with E-state index in [9.17, 15) is 0 Å². The van der Waals surface area contributed by atoms with Gasteiger partial charge in [-0.1, -0.05) is 6.07 Å². The average molecular weight is 205 g/mol. The Labute approximate surface area is 89.7 Å². The number of pyridine rings is 1. The fourth-order valence-electron chi connectivity index (χ4n) is 1.02. The molecule has 4 nitrogen and oxygen atoms in total. The van der Waals surface area contributed by atoms with Crippen molar-refractivity contribution < 1.29 is 4.74 Å². The van der Waals surface area contributed by atoms with Gasteiger partial charge in [0.15, 0.2) is 0 Å². The molecule has 0 fully saturated rings. The maximum Gasteiger partial charge on any atom is 0.221 e. The molecule has 0 spiro atoms. The number of hydrogen-bond donors (Lipinski definition) is 1. The van der Waals surface area contributed by atoms with Crippen molar-refractivity contribution in [1.82, 2.24) is 4.98 Å². The molecule has 1 heterocycles. The molecule has 0 saturated heterocycles. The van der Waals surface area contributed by atoms with Gasteiger partial charge in [0.2, 0.25) is 5.88 Å². The van der Waals surface area contributed by atoms with Gasteiger partial charge in [-0.05, 0) is 19.1 Å². The molecule has 0 radical (unpaired) electrons. The summed E-state index contributed by atoms with van der Waals surface area (Å²) >= 11 is 0. The van der Waals surface area contributed by atoms with E-state index in [1.807, 2.05) is 32.2 Å². The molecule has 1 rings (SSSR count). The number of hydrogen-bond acceptors (Lipinski definition) is 4. The number of nitrogens with zero attached hydrogens (tertiary/aromatic N) is 2. The molecular weight excluding hydrogens is 190 g/mol. The van der Waals surface area contributed by atoms with E-state index in [1.165, 1.54) is 0 Å². The average Bonchev–Trinajstić information content (AvgIpc) is 2.29. The molecule has 0 aliphatic rings. The molecule has 0 amide bonds. The van der Waals surface area contributed by atoms with Crippen molar-refractivity contribution in [3.63, 3.8) is 0 Å². The van der Waals surface area contributed by atoms with Crippen molar-refractivity contribution in [2.45, 2.75) is 6.92 Å². The number of anilines is 1. The zero-order valence-corrected chi connectivity index (χ0v) is 9.19. The van der Waals surface area contributed by atoms with E-state index in [-0.39, 0.29) is 0 Å². The lowest BCUT2D eigenvalue weighted by molar-refractivity contribution is 0.438. The molecule has 80 valence electrons. The largest absolute Gasteiger partial charge is 0.438 e. The molecule has 0 aliphatic heterocycles. The van der Waals surface area contributed by atoms with Gasteiger partial charge < -0.3 is 10.1 Å². The number of allylic oxidation sites excluding steroid dienone is 2. The lowest BCUT2D eigenvalue weighted by Gasteiger charge is -2.05. The summed E-state index contributed by atoms with van der Waals surface area (Å²) in [6.45, 7) is 1.89. The van der Waals surface area contributed by atoms with Gasteiger partial charge in [0, 0.05) is 20.2 Å². The first-order valence-electron chi connectivity index (χ1n) is 4.71. The van der Waals surface area contributed by atoms with Crippen molar-refractivity contribution in [3.05, 3.63) is 30.0 Å². The highest BCUT2D eigenvalue weighted by Crippen LogP contribution is 2.13. The summed E-state index contributed by atoms with van der Waals surface area (Å²) in [5.41, 5.74) is 0. The minimum Gasteiger partial charge on any atom is -0.438 e. The number of nitrogens with one attached hydrogen (secondary N) is 1. The van der Waals surface area contributed by atoms with Gasteiger partial charge >= 0.3 is 0 Å². The van der Waals surface area contributed by atoms with Gasteiger partial charge in [-0.25, -0.2) is 0 Å². The van der Waals surface area contributed by atoms with Crippen LogP contribution in [0, 0.1) is 0 Å². The van der Waals surface area contributed by atoms with Crippen LogP contribution in [0.15, 0.2) is 35.0 Å². The zero-order valence-electron chi connectivity index (χ0n) is 9.19. The third-order valence-electron chi connectivity index (χ3n) is 1.74. The normalized spacial score (nSPS) is 11.8. The SMILES string of the molecule is CC=C(C=NC)Oc1cccc(NC)n1. The first-order chi connectivity index (χ1) is 7.30. The van der Waals surface area contributed by atoms with Crippen LogP contribution < -0.4 is 10.1 Å². The van der Waals surface area contributed by atoms with E-state index in [0.717, 1.165) is 5.82 Å². The van der Waals surface area contributed by atoms with Gasteiger partial charge in [0.25, 0.3) is 0 Å². The fourth-order valence-corrected chi connectivity index (χ4v) is 1.02. The van der Waals surface area contributed by atoms with Crippen LogP contribution in [0.5, 0.6) is 5.88 Å². The second kappa shape index (κ2) is 5.80. The van der Waals surface area contributed by atoms with Gasteiger partial charge in [-0.2, -0.15) is 4.98 Å². The summed E-state index contributed by atoms with van der Waals surface area (Å²) in [4.78, 5) is 8.11. The van der Waals surface area contributed by atoms with Crippen LogP contribution in [0.1, 0.15) is 6.92 Å². The van der Waals surface area contributed by atoms with E-state index in [1.54, 1.807) is 19.3 Å². The fraction of sp³-hybridized carbons (Fsp3) is 0.273. The maximum atomic E-state index is 5.51. The molecule has 0 aliphatic carbocycles. The van der Waals surface area contributed by atoms with E-state index in [4.69, 9.17) is 4.74 Å². The summed E-state index contributed by atoms with van der Waals surface area (Å²) in [5.74, 6) is 2.00. The summed E-state index contributed by atoms with van der Waals surface area (Å²) in [7, 11) is 3.51. The smallest absolute Gasteiger partial charge is 0.221 e. The van der Waals surface area contributed by atoms with Gasteiger partial charge in [-0.3, -0.25) is 4.99 Å². The van der Waals surface area contributed by atoms with E-state index < -0.39 is 0 Å². The van der Waals surface area contributed by atoms with Crippen LogP contribution in [-0.2, 0) is 0 Å². The Morgan fingerprint density at radius 3 is 2.93 bits per heavy atom. The lowest BCUT2D eigenvalue weighted by atomic mass is 10.4. The van der Waals surface area contributed by atoms with Crippen LogP contribution in [0.25, 0.3) is 0 Å². The predicted octanol–water partition coefficient (Wildman–Crippen LogP) is 2.11. The molecule has 0 atom stereocenters. The molecule has 0 aromatic carbocycles. The number of aromatic nitrogens is 1. The zero-order chi connectivity index (χ0) is 11.1. The van der Waals surface area contributed by atoms with Crippen molar-refractivity contribution in [1.29, 1.82) is 0 Å². The van der Waals surface area contributed by atoms with Crippen molar-refractivity contribution in [2.24, 2.45) is 4.99 Å². The number of ether oxygens (including phenoxy) is 1. The summed E-state index contributed by atoms with van der Waals surface area (Å²) in [6, 6.07) is 5.55. The van der Waals surface area contributed by atoms with Crippen LogP contribution in [0.3, 0.4) is 0 Å². The molecule has 1 aromatic rings. The topological polar surface area (TPSA) is 46.5 Å². The second-order valence-corrected chi connectivity index (χ2v) is 2.79. The third-order valence-corrected chi connectivity index (χ3v) is 1.74. The Balaban J connectivity index is 2.79. The van der Waals surface area contributed by atoms with Gasteiger partial charge in [-0.15, -0.1) is 0 Å². The van der Waals surface area contributed by atoms with Crippen LogP contribution in [0.2, 0.25) is 0 Å². The number of aliphatic imine (C=N–C) groups is 1. The molecule has 0 bridgehead atoms. The first-order valence-corrected chi connectivity index (χ1v) is 4.71. The highest BCUT2D eigenvalue weighted by molar-refractivity contribution is 5.76. The third kappa shape index (κ3) is 3.42. The Bertz CT molecular complexity index is 372. The quantitative estimate of drug-likeness (QED) is 0.605. The minimum atomic E-state index is 0.551. The molecule has 1 N–H and O–H groups in total. The molecular formula is C11H15N3O. The summed E-state index contributed by atoms with van der Waals surface area (Å²) in [6.07, 6.45) is 3.48. The Morgan fingerprint density at radius 2 is 2.33 bits per heavy atom. The van der Waals surface area contributed by atoms with Crippen LogP contribution in [-0.4, -0.2) is 25.3 Å². The highest BCUT2D eigenvalue weighted by atomic mass is 16.5. The lowest BCUT2D eigenvalue weighted by Crippen LogP contribution is -2.00. The molecule has 4 heteroatoms. The van der Waals surface area contributed by atoms with Crippen LogP contribution in [0.4, 0.5) is 5.82 Å². The van der Waals surface area contributed by atoms with Gasteiger partial charge in [0.1, 0.15) is 11.6 Å². The predicted molar refractivity (Wildman–Crippen MR) is 62.6 cm³/mol. The standard InChI is InChI=1S/C11H15N3O/c1-4-9(8-12-2)15-11-7-5-6-10(13-3)14-11/h4-8H,1-3H3,(H,13,14). The summed E-state index contributed by atoms with van der Waals surface area (Å²) < 4.78 is 5.51. The van der Waals surface area contributed by atoms with Crippen molar-refractivity contribution >= 4 is 12.0 Å². The van der Waals surface area contributed by atoms with E-state index in [0.29, 0.717) is 11.6 Å². The Hall–Kier alpha value is -1.84. The maximum absolute atomic E-state index is 5.51. The number of rotatable bonds is 4. The van der Waals surface area contributed by atoms with E-state index >= 15 is 0 Å². The van der Waals surface area contributed by atoms with Gasteiger partial charge in [0.05, 0.1) is 6.21 Å². The minimum absolute atomic E-state index is 0.551. The van der Waals surface area contributed by atoms with E-state index in [2.05, 4.69) is 15.3 Å². The Morgan fingerprint density at radius 1 is 1.53 bits per heavy atom. The Kier molecular flexibility index (Phi) is 4.34. The van der Waals surface area contributed by atoms with Crippen molar-refractivity contribution in [3.8, 4) is 5.88 Å². The molecule has 0 saturated carbocycles. The molecule has 1 aromatic heterocycles. The first kappa shape index (κ1) is 11.2. The molecule has 0 unspecified atom stereocenters. The molecule has 15 heavy (non-hydrogen) atoms.